The third-order valence-corrected chi connectivity index (χ3v) is 21.5. The molecule has 0 unspecified atom stereocenters. The summed E-state index contributed by atoms with van der Waals surface area (Å²) in [5.41, 5.74) is 7.23. The van der Waals surface area contributed by atoms with E-state index in [0.29, 0.717) is 74.8 Å². The van der Waals surface area contributed by atoms with Crippen LogP contribution in [0, 0.1) is 0 Å². The first-order valence-corrected chi connectivity index (χ1v) is 41.6. The zero-order chi connectivity index (χ0) is 89.4. The maximum absolute atomic E-state index is 13.5. The summed E-state index contributed by atoms with van der Waals surface area (Å²) in [6.07, 6.45) is 7.65. The van der Waals surface area contributed by atoms with E-state index in [2.05, 4.69) is 78.8 Å². The van der Waals surface area contributed by atoms with Gasteiger partial charge in [-0.2, -0.15) is 0 Å². The van der Waals surface area contributed by atoms with E-state index in [9.17, 15) is 47.9 Å². The smallest absolute Gasteiger partial charge is 0.270 e. The number of benzene rings is 9. The number of halogens is 1. The van der Waals surface area contributed by atoms with Gasteiger partial charge in [-0.1, -0.05) is 146 Å². The Morgan fingerprint density at radius 1 is 0.352 bits per heavy atom. The van der Waals surface area contributed by atoms with Gasteiger partial charge in [-0.15, -0.1) is 11.3 Å². The van der Waals surface area contributed by atoms with E-state index < -0.39 is 59.1 Å². The number of para-hydroxylation sites is 5. The van der Waals surface area contributed by atoms with Crippen LogP contribution >= 0.6 is 88.4 Å². The van der Waals surface area contributed by atoms with Crippen molar-refractivity contribution < 1.29 is 71.6 Å². The second-order valence-electron chi connectivity index (χ2n) is 26.4. The fraction of sp³-hybridized carbons (Fsp3) is 0.0978. The van der Waals surface area contributed by atoms with E-state index in [1.807, 2.05) is 139 Å². The monoisotopic (exact) mass is 1850 g/mol. The van der Waals surface area contributed by atoms with Crippen molar-refractivity contribution in [2.45, 2.75) is 20.5 Å². The zero-order valence-corrected chi connectivity index (χ0v) is 73.9. The minimum Gasteiger partial charge on any atom is -0.496 e. The van der Waals surface area contributed by atoms with Gasteiger partial charge in [-0.25, -0.2) is 0 Å². The van der Waals surface area contributed by atoms with Gasteiger partial charge in [0, 0.05) is 39.1 Å². The summed E-state index contributed by atoms with van der Waals surface area (Å²) in [7, 11) is 6.14. The highest BCUT2D eigenvalue weighted by molar-refractivity contribution is 9.10. The summed E-state index contributed by atoms with van der Waals surface area (Å²) in [6, 6.07) is 73.2. The Hall–Kier alpha value is -14.2. The molecule has 26 nitrogen and oxygen atoms in total. The lowest BCUT2D eigenvalue weighted by Gasteiger charge is -2.36. The molecule has 9 aromatic carbocycles. The second kappa shape index (κ2) is 43.5. The van der Waals surface area contributed by atoms with Gasteiger partial charge < -0.3 is 28.6 Å². The first-order valence-electron chi connectivity index (χ1n) is 37.9. The van der Waals surface area contributed by atoms with Gasteiger partial charge >= 0.3 is 0 Å². The lowest BCUT2D eigenvalue weighted by molar-refractivity contribution is -0.124. The predicted octanol–water partition coefficient (Wildman–Crippen LogP) is 14.0. The Morgan fingerprint density at radius 3 is 1.06 bits per heavy atom. The summed E-state index contributed by atoms with van der Waals surface area (Å²) >= 11 is 30.1. The molecule has 0 atom stereocenters. The van der Waals surface area contributed by atoms with Crippen LogP contribution in [-0.4, -0.2) is 126 Å². The standard InChI is InChI=1S/C27H25N3O2S.C25H20N2O4S.C19H16N2O4S.C12H10N2O3S.C9H5BrN2O2S2/c1-3-28(4-2)21-17-15-20(16-18-21)19-24-25(31)29(22-11-7-5-8-12-22)27(33)30(26(24)32)23-13-9-6-10-14-23;1-30-21-14-13-17(16-22(21)31-2)15-20-23(28)26(18-9-5-3-6-10-18)25(32)27(24(20)29)19-11-7-4-8-12-19;1-24-15-8-7-13(9-14-17(22)20-19(26)21-18(14)23)10-16(15)25-11-12-5-3-2-4-6-12;1-17-9-5-3-2-4-7(9)6-8-10(15)13-12(18)14-11(8)16;10-4-1-5(16-3-4)2-6-7(13)11-9(15)12-8(6)14/h5-19H,3-4H2,1-2H3;3-16H,1-2H3;2-10H,11H2,1H3,(H2,20,21,22,23,26);2-6H,1H3,(H2,13,14,15,16,18);1-3H,(H2,11,12,13,14,15). The Kier molecular flexibility index (Phi) is 31.9. The number of hydrogen-bond donors (Lipinski definition) is 6. The Morgan fingerprint density at radius 2 is 0.680 bits per heavy atom. The highest BCUT2D eigenvalue weighted by atomic mass is 79.9. The molecular formula is C92H76BrN11O15S6. The third kappa shape index (κ3) is 23.1. The van der Waals surface area contributed by atoms with Crippen LogP contribution in [-0.2, 0) is 54.6 Å². The molecule has 33 heteroatoms. The van der Waals surface area contributed by atoms with Crippen molar-refractivity contribution in [3.63, 3.8) is 0 Å². The topological polar surface area (TPSA) is 305 Å². The molecule has 0 bridgehead atoms. The number of thiocarbonyl (C=S) groups is 5. The number of ether oxygens (including phenoxy) is 5. The quantitative estimate of drug-likeness (QED) is 0.0249. The molecule has 6 heterocycles. The average Bonchev–Trinajstić information content (AvgIpc) is 1.20. The van der Waals surface area contributed by atoms with Crippen LogP contribution < -0.4 is 80.1 Å². The second-order valence-corrected chi connectivity index (χ2v) is 30.3. The van der Waals surface area contributed by atoms with Gasteiger partial charge in [0.25, 0.3) is 59.1 Å². The molecule has 1 aromatic heterocycles. The predicted molar refractivity (Wildman–Crippen MR) is 506 cm³/mol. The van der Waals surface area contributed by atoms with E-state index >= 15 is 0 Å². The number of hydrogen-bond acceptors (Lipinski definition) is 22. The van der Waals surface area contributed by atoms with Crippen molar-refractivity contribution in [3.05, 3.63) is 313 Å². The SMILES string of the molecule is CCN(CC)c1ccc(C=C2C(=O)N(c3ccccc3)C(=S)N(c3ccccc3)C2=O)cc1.COc1ccc(C=C2C(=O)N(c3ccccc3)C(=S)N(c3ccccc3)C2=O)cc1OC.COc1ccc(C=C2C(=O)NC(=S)NC2=O)cc1OCc1ccccc1.COc1ccccc1C=C1C(=O)NC(=S)NC1=O.O=C1NC(=S)NC(=O)C1=Cc1cc(Br)cs1. The first-order chi connectivity index (χ1) is 60.3. The van der Waals surface area contributed by atoms with Gasteiger partial charge in [-0.3, -0.25) is 99.4 Å². The molecule has 0 saturated carbocycles. The van der Waals surface area contributed by atoms with Crippen LogP contribution in [0.1, 0.15) is 46.5 Å². The number of amides is 10. The lowest BCUT2D eigenvalue weighted by Crippen LogP contribution is -2.56. The van der Waals surface area contributed by atoms with Crippen LogP contribution in [0.5, 0.6) is 28.7 Å². The number of carbonyl (C=O) groups is 10. The zero-order valence-electron chi connectivity index (χ0n) is 67.4. The van der Waals surface area contributed by atoms with Gasteiger partial charge in [-0.05, 0) is 241 Å². The van der Waals surface area contributed by atoms with Crippen molar-refractivity contribution in [1.29, 1.82) is 0 Å². The molecule has 5 saturated heterocycles. The van der Waals surface area contributed by atoms with Crippen molar-refractivity contribution >= 4 is 232 Å². The number of nitrogens with zero attached hydrogens (tertiary/aromatic N) is 5. The number of anilines is 5. The van der Waals surface area contributed by atoms with Gasteiger partial charge in [0.15, 0.2) is 48.6 Å². The Labute approximate surface area is 757 Å². The molecule has 0 aliphatic carbocycles. The van der Waals surface area contributed by atoms with Crippen LogP contribution in [0.4, 0.5) is 28.4 Å². The highest BCUT2D eigenvalue weighted by Crippen LogP contribution is 2.36. The molecule has 10 aromatic rings. The first kappa shape index (κ1) is 91.5. The fourth-order valence-corrected chi connectivity index (χ4v) is 15.1. The summed E-state index contributed by atoms with van der Waals surface area (Å²) in [4.78, 5) is 133. The van der Waals surface area contributed by atoms with Crippen molar-refractivity contribution in [2.24, 2.45) is 0 Å². The molecule has 0 radical (unpaired) electrons. The minimum absolute atomic E-state index is 0.00114. The van der Waals surface area contributed by atoms with Crippen LogP contribution in [0.3, 0.4) is 0 Å². The summed E-state index contributed by atoms with van der Waals surface area (Å²) in [5.74, 6) is -2.22. The minimum atomic E-state index is -0.540. The van der Waals surface area contributed by atoms with Crippen molar-refractivity contribution in [1.82, 2.24) is 31.9 Å². The molecule has 5 aliphatic heterocycles. The number of methoxy groups -OCH3 is 4. The average molecular weight is 1850 g/mol. The van der Waals surface area contributed by atoms with E-state index in [-0.39, 0.29) is 53.4 Å². The summed E-state index contributed by atoms with van der Waals surface area (Å²) < 4.78 is 27.8. The van der Waals surface area contributed by atoms with E-state index in [1.54, 1.807) is 136 Å². The number of thiophene rings is 1. The van der Waals surface area contributed by atoms with E-state index in [1.165, 1.54) is 63.4 Å². The van der Waals surface area contributed by atoms with Crippen LogP contribution in [0.2, 0.25) is 0 Å². The molecule has 0 spiro atoms. The number of rotatable bonds is 19. The molecular weight excluding hydrogens is 1770 g/mol. The van der Waals surface area contributed by atoms with Crippen LogP contribution in [0.15, 0.2) is 280 Å². The van der Waals surface area contributed by atoms with Crippen LogP contribution in [0.25, 0.3) is 30.4 Å². The highest BCUT2D eigenvalue weighted by Gasteiger charge is 2.43. The Balaban J connectivity index is 0.000000156. The molecule has 6 N–H and O–H groups in total. The molecule has 5 fully saturated rings. The lowest BCUT2D eigenvalue weighted by atomic mass is 10.0. The van der Waals surface area contributed by atoms with Gasteiger partial charge in [0.2, 0.25) is 0 Å². The Bertz CT molecular complexity index is 5840. The summed E-state index contributed by atoms with van der Waals surface area (Å²) in [5, 5.41) is 16.4. The maximum atomic E-state index is 13.5. The number of carbonyl (C=O) groups excluding carboxylic acids is 10. The third-order valence-electron chi connectivity index (χ3n) is 18.5. The van der Waals surface area contributed by atoms with Gasteiger partial charge in [0.05, 0.1) is 51.2 Å². The van der Waals surface area contributed by atoms with Crippen molar-refractivity contribution in [2.75, 3.05) is 66.0 Å². The molecule has 5 aliphatic rings. The molecule has 15 rings (SSSR count). The van der Waals surface area contributed by atoms with Gasteiger partial charge in [0.1, 0.15) is 40.2 Å². The number of nitrogens with one attached hydrogen (secondary N) is 6. The molecule has 125 heavy (non-hydrogen) atoms. The molecule has 632 valence electrons. The fourth-order valence-electron chi connectivity index (χ4n) is 12.4. The van der Waals surface area contributed by atoms with Crippen molar-refractivity contribution in [3.8, 4) is 28.7 Å². The maximum Gasteiger partial charge on any atom is 0.270 e. The summed E-state index contributed by atoms with van der Waals surface area (Å²) in [6.45, 7) is 6.40. The molecule has 10 amide bonds. The van der Waals surface area contributed by atoms with E-state index in [4.69, 9.17) is 72.6 Å². The normalized spacial score (nSPS) is 14.3. The van der Waals surface area contributed by atoms with E-state index in [0.717, 1.165) is 39.3 Å². The largest absolute Gasteiger partial charge is 0.496 e.